The maximum Gasteiger partial charge on any atom is 0.431 e. The molecule has 1 rings (SSSR count). The molecule has 18 heavy (non-hydrogen) atoms. The van der Waals surface area contributed by atoms with Crippen molar-refractivity contribution in [2.45, 2.75) is 37.0 Å². The third-order valence-electron chi connectivity index (χ3n) is 2.41. The second-order valence-electron chi connectivity index (χ2n) is 3.93. The molecule has 0 aromatic carbocycles. The van der Waals surface area contributed by atoms with Crippen LogP contribution in [0.2, 0.25) is 0 Å². The Morgan fingerprint density at radius 2 is 1.50 bits per heavy atom. The first kappa shape index (κ1) is 15.5. The van der Waals surface area contributed by atoms with Crippen molar-refractivity contribution in [3.05, 3.63) is 0 Å². The molecule has 1 heterocycles. The lowest BCUT2D eigenvalue weighted by Gasteiger charge is -2.29. The van der Waals surface area contributed by atoms with E-state index in [4.69, 9.17) is 9.47 Å². The minimum atomic E-state index is -5.98. The van der Waals surface area contributed by atoms with Gasteiger partial charge < -0.3 is 9.47 Å². The summed E-state index contributed by atoms with van der Waals surface area (Å²) in [6.45, 7) is 0.174. The molecule has 0 aromatic heterocycles. The fraction of sp³-hybridized carbons (Fsp3) is 1.00. The van der Waals surface area contributed by atoms with Gasteiger partial charge in [-0.2, -0.15) is 26.3 Å². The van der Waals surface area contributed by atoms with Crippen LogP contribution in [0.1, 0.15) is 12.8 Å². The third-order valence-corrected chi connectivity index (χ3v) is 2.41. The van der Waals surface area contributed by atoms with E-state index in [0.29, 0.717) is 6.61 Å². The highest BCUT2D eigenvalue weighted by atomic mass is 19.4. The molecule has 0 saturated carbocycles. The van der Waals surface area contributed by atoms with E-state index in [2.05, 4.69) is 0 Å². The van der Waals surface area contributed by atoms with Crippen molar-refractivity contribution >= 4 is 0 Å². The van der Waals surface area contributed by atoms with Gasteiger partial charge in [0.05, 0.1) is 13.2 Å². The number of halogens is 7. The van der Waals surface area contributed by atoms with Gasteiger partial charge in [-0.1, -0.05) is 0 Å². The van der Waals surface area contributed by atoms with Crippen LogP contribution in [0.5, 0.6) is 0 Å². The van der Waals surface area contributed by atoms with Gasteiger partial charge in [0.2, 0.25) is 0 Å². The molecule has 0 spiro atoms. The van der Waals surface area contributed by atoms with E-state index in [1.54, 1.807) is 0 Å². The number of epoxide rings is 1. The van der Waals surface area contributed by atoms with Crippen LogP contribution in [0, 0.1) is 0 Å². The van der Waals surface area contributed by atoms with Gasteiger partial charge in [-0.15, -0.1) is 0 Å². The molecule has 1 aliphatic heterocycles. The van der Waals surface area contributed by atoms with Crippen molar-refractivity contribution in [1.82, 2.24) is 0 Å². The van der Waals surface area contributed by atoms with Crippen LogP contribution in [0.3, 0.4) is 0 Å². The number of hydrogen-bond donors (Lipinski definition) is 0. The van der Waals surface area contributed by atoms with Crippen LogP contribution in [-0.4, -0.2) is 43.9 Å². The van der Waals surface area contributed by atoms with Gasteiger partial charge in [-0.05, 0) is 6.42 Å². The number of ether oxygens (including phenoxy) is 2. The van der Waals surface area contributed by atoms with Crippen molar-refractivity contribution in [1.29, 1.82) is 0 Å². The zero-order valence-electron chi connectivity index (χ0n) is 9.08. The molecule has 1 fully saturated rings. The van der Waals surface area contributed by atoms with E-state index < -0.39 is 30.9 Å². The van der Waals surface area contributed by atoms with Gasteiger partial charge in [-0.3, -0.25) is 0 Å². The summed E-state index contributed by atoms with van der Waals surface area (Å²) in [5.41, 5.74) is -5.18. The second-order valence-corrected chi connectivity index (χ2v) is 3.93. The van der Waals surface area contributed by atoms with Crippen molar-refractivity contribution in [3.8, 4) is 0 Å². The Labute approximate surface area is 98.0 Å². The SMILES string of the molecule is FC(F)(F)C(F)(CCCOCC1CO1)C(F)(F)F. The quantitative estimate of drug-likeness (QED) is 0.425. The Kier molecular flexibility index (Phi) is 4.47. The van der Waals surface area contributed by atoms with Crippen molar-refractivity contribution in [2.24, 2.45) is 0 Å². The first-order chi connectivity index (χ1) is 8.08. The summed E-state index contributed by atoms with van der Waals surface area (Å²) in [4.78, 5) is 0. The average molecular weight is 284 g/mol. The molecule has 108 valence electrons. The van der Waals surface area contributed by atoms with Crippen LogP contribution in [0.25, 0.3) is 0 Å². The average Bonchev–Trinajstić information content (AvgIpc) is 2.97. The summed E-state index contributed by atoms with van der Waals surface area (Å²) in [7, 11) is 0. The summed E-state index contributed by atoms with van der Waals surface area (Å²) in [5.74, 6) is 0. The van der Waals surface area contributed by atoms with Gasteiger partial charge >= 0.3 is 12.4 Å². The van der Waals surface area contributed by atoms with E-state index in [0.717, 1.165) is 0 Å². The van der Waals surface area contributed by atoms with Gasteiger partial charge in [0.15, 0.2) is 0 Å². The molecule has 0 aromatic rings. The van der Waals surface area contributed by atoms with E-state index in [9.17, 15) is 30.7 Å². The molecule has 2 nitrogen and oxygen atoms in total. The maximum absolute atomic E-state index is 13.1. The topological polar surface area (TPSA) is 21.8 Å². The molecule has 0 aliphatic carbocycles. The van der Waals surface area contributed by atoms with Crippen LogP contribution >= 0.6 is 0 Å². The summed E-state index contributed by atoms with van der Waals surface area (Å²) in [6.07, 6.45) is -14.5. The van der Waals surface area contributed by atoms with Gasteiger partial charge in [0.25, 0.3) is 5.67 Å². The minimum Gasteiger partial charge on any atom is -0.379 e. The molecular formula is C9H11F7O2. The van der Waals surface area contributed by atoms with E-state index in [1.807, 2.05) is 0 Å². The number of rotatable bonds is 6. The van der Waals surface area contributed by atoms with E-state index >= 15 is 0 Å². The molecule has 0 bridgehead atoms. The monoisotopic (exact) mass is 284 g/mol. The molecule has 9 heteroatoms. The maximum atomic E-state index is 13.1. The summed E-state index contributed by atoms with van der Waals surface area (Å²) in [6, 6.07) is 0. The lowest BCUT2D eigenvalue weighted by Crippen LogP contribution is -2.53. The van der Waals surface area contributed by atoms with Crippen LogP contribution in [0.4, 0.5) is 30.7 Å². The van der Waals surface area contributed by atoms with Gasteiger partial charge in [-0.25, -0.2) is 4.39 Å². The Morgan fingerprint density at radius 3 is 1.89 bits per heavy atom. The van der Waals surface area contributed by atoms with Gasteiger partial charge in [0, 0.05) is 13.0 Å². The Balaban J connectivity index is 2.41. The smallest absolute Gasteiger partial charge is 0.379 e. The largest absolute Gasteiger partial charge is 0.431 e. The van der Waals surface area contributed by atoms with Crippen molar-refractivity contribution < 1.29 is 40.2 Å². The van der Waals surface area contributed by atoms with Crippen LogP contribution in [0.15, 0.2) is 0 Å². The summed E-state index contributed by atoms with van der Waals surface area (Å²) in [5, 5.41) is 0. The Bertz CT molecular complexity index is 255. The molecule has 1 unspecified atom stereocenters. The predicted octanol–water partition coefficient (Wildman–Crippen LogP) is 3.01. The van der Waals surface area contributed by atoms with Crippen molar-refractivity contribution in [3.63, 3.8) is 0 Å². The molecule has 1 aliphatic rings. The first-order valence-electron chi connectivity index (χ1n) is 5.09. The van der Waals surface area contributed by atoms with Crippen LogP contribution in [-0.2, 0) is 9.47 Å². The molecule has 1 saturated heterocycles. The summed E-state index contributed by atoms with van der Waals surface area (Å²) >= 11 is 0. The standard InChI is InChI=1S/C9H11F7O2/c10-7(8(11,12)13,9(14,15)16)2-1-3-17-4-6-5-18-6/h6H,1-5H2. The highest BCUT2D eigenvalue weighted by Crippen LogP contribution is 2.48. The Morgan fingerprint density at radius 1 is 1.00 bits per heavy atom. The van der Waals surface area contributed by atoms with Crippen LogP contribution < -0.4 is 0 Å². The highest BCUT2D eigenvalue weighted by molar-refractivity contribution is 4.94. The lowest BCUT2D eigenvalue weighted by atomic mass is 9.98. The molecule has 0 amide bonds. The fourth-order valence-corrected chi connectivity index (χ4v) is 1.24. The molecule has 1 atom stereocenters. The van der Waals surface area contributed by atoms with E-state index in [1.165, 1.54) is 0 Å². The fourth-order valence-electron chi connectivity index (χ4n) is 1.24. The summed E-state index contributed by atoms with van der Waals surface area (Å²) < 4.78 is 95.1. The normalized spacial score (nSPS) is 21.2. The first-order valence-corrected chi connectivity index (χ1v) is 5.09. The third kappa shape index (κ3) is 3.71. The molecule has 0 N–H and O–H groups in total. The lowest BCUT2D eigenvalue weighted by molar-refractivity contribution is -0.343. The number of alkyl halides is 7. The van der Waals surface area contributed by atoms with Gasteiger partial charge in [0.1, 0.15) is 6.10 Å². The molecular weight excluding hydrogens is 273 g/mol. The van der Waals surface area contributed by atoms with Crippen molar-refractivity contribution in [2.75, 3.05) is 19.8 Å². The number of hydrogen-bond acceptors (Lipinski definition) is 2. The highest BCUT2D eigenvalue weighted by Gasteiger charge is 2.71. The second kappa shape index (κ2) is 5.20. The zero-order chi connectivity index (χ0) is 14.0. The Hall–Kier alpha value is -0.570. The predicted molar refractivity (Wildman–Crippen MR) is 45.7 cm³/mol. The minimum absolute atomic E-state index is 0.0946. The zero-order valence-corrected chi connectivity index (χ0v) is 9.08. The molecule has 0 radical (unpaired) electrons. The van der Waals surface area contributed by atoms with E-state index in [-0.39, 0.29) is 19.3 Å².